The maximum atomic E-state index is 13.3. The van der Waals surface area contributed by atoms with Crippen LogP contribution in [0.1, 0.15) is 55.9 Å². The van der Waals surface area contributed by atoms with E-state index in [-0.39, 0.29) is 19.5 Å². The number of likely N-dealkylation sites (N-methyl/N-ethyl adjacent to an activating group) is 1. The molecule has 1 saturated heterocycles. The summed E-state index contributed by atoms with van der Waals surface area (Å²) in [6.45, 7) is 9.64. The number of piperidine rings is 1. The molecule has 4 N–H and O–H groups in total. The van der Waals surface area contributed by atoms with Crippen molar-refractivity contribution in [2.75, 3.05) is 58.4 Å². The molecule has 1 fully saturated rings. The third-order valence-corrected chi connectivity index (χ3v) is 8.78. The highest BCUT2D eigenvalue weighted by atomic mass is 16.6. The molecule has 2 aromatic heterocycles. The lowest BCUT2D eigenvalue weighted by molar-refractivity contribution is -0.139. The summed E-state index contributed by atoms with van der Waals surface area (Å²) in [5, 5.41) is 23.1. The summed E-state index contributed by atoms with van der Waals surface area (Å²) in [6.07, 6.45) is 6.71. The fraction of sp³-hybridized carbons (Fsp3) is 0.500. The molecule has 0 bridgehead atoms. The van der Waals surface area contributed by atoms with E-state index in [9.17, 15) is 24.3 Å². The summed E-state index contributed by atoms with van der Waals surface area (Å²) >= 11 is 0. The molecular formula is C36H47N7O9. The number of hydrogen-bond donors (Lipinski definition) is 4. The van der Waals surface area contributed by atoms with Crippen molar-refractivity contribution < 1.29 is 43.2 Å². The van der Waals surface area contributed by atoms with Gasteiger partial charge < -0.3 is 39.2 Å². The quantitative estimate of drug-likeness (QED) is 0.182. The van der Waals surface area contributed by atoms with Gasteiger partial charge in [-0.3, -0.25) is 10.4 Å². The van der Waals surface area contributed by atoms with Crippen LogP contribution in [0.15, 0.2) is 36.7 Å². The highest BCUT2D eigenvalue weighted by molar-refractivity contribution is 5.88. The fourth-order valence-corrected chi connectivity index (χ4v) is 6.11. The normalized spacial score (nSPS) is 15.9. The molecule has 16 heteroatoms. The predicted molar refractivity (Wildman–Crippen MR) is 191 cm³/mol. The second kappa shape index (κ2) is 16.4. The molecule has 280 valence electrons. The van der Waals surface area contributed by atoms with Crippen LogP contribution in [0.4, 0.5) is 20.2 Å². The third-order valence-electron chi connectivity index (χ3n) is 8.78. The average molecular weight is 722 g/mol. The second-order valence-corrected chi connectivity index (χ2v) is 13.9. The van der Waals surface area contributed by atoms with Crippen molar-refractivity contribution >= 4 is 47.0 Å². The molecule has 0 aliphatic carbocycles. The number of anilines is 1. The Morgan fingerprint density at radius 3 is 2.62 bits per heavy atom. The Labute approximate surface area is 301 Å². The highest BCUT2D eigenvalue weighted by Crippen LogP contribution is 2.43. The lowest BCUT2D eigenvalue weighted by atomic mass is 9.83. The number of amides is 4. The number of H-pyrrole nitrogens is 1. The van der Waals surface area contributed by atoms with Crippen LogP contribution >= 0.6 is 0 Å². The van der Waals surface area contributed by atoms with Crippen molar-refractivity contribution in [2.24, 2.45) is 0 Å². The number of hydrogen-bond acceptors (Lipinski definition) is 10. The number of aliphatic carboxylic acids is 1. The van der Waals surface area contributed by atoms with Gasteiger partial charge in [-0.2, -0.15) is 5.10 Å². The fourth-order valence-electron chi connectivity index (χ4n) is 6.11. The van der Waals surface area contributed by atoms with E-state index in [2.05, 4.69) is 25.8 Å². The largest absolute Gasteiger partial charge is 0.480 e. The molecule has 1 spiro atoms. The molecule has 4 heterocycles. The number of aryl methyl sites for hydroxylation is 1. The summed E-state index contributed by atoms with van der Waals surface area (Å²) in [7, 11) is 1.66. The summed E-state index contributed by atoms with van der Waals surface area (Å²) in [5.74, 6) is -0.744. The van der Waals surface area contributed by atoms with Crippen molar-refractivity contribution in [1.82, 2.24) is 30.3 Å². The summed E-state index contributed by atoms with van der Waals surface area (Å²) in [6, 6.07) is 4.00. The standard InChI is InChI=1S/C36H47N7O9/c1-23-17-25(18-26-22-38-41-29(23)26)20-28(31(44)45)39-32(46)43-10-8-36(9-11-43)27-19-24(21-37-30(27)40-33(47)51-36)7-6-13-49-15-16-50-14-12-42(5)34(48)52-35(2,3)4/h6-7,17-19,21-22,28H,8-16,20H2,1-5H3,(H,38,41)(H,39,46)(H,44,45)(H,37,40,47)/b7-6+/t28-/m1/s1. The van der Waals surface area contributed by atoms with E-state index < -0.39 is 41.4 Å². The van der Waals surface area contributed by atoms with E-state index in [0.29, 0.717) is 57.2 Å². The van der Waals surface area contributed by atoms with Crippen molar-refractivity contribution in [1.29, 1.82) is 0 Å². The Balaban J connectivity index is 1.10. The van der Waals surface area contributed by atoms with Crippen LogP contribution < -0.4 is 10.6 Å². The van der Waals surface area contributed by atoms with Gasteiger partial charge in [0, 0.05) is 63.1 Å². The Morgan fingerprint density at radius 1 is 1.13 bits per heavy atom. The summed E-state index contributed by atoms with van der Waals surface area (Å²) in [5.41, 5.74) is 2.50. The highest BCUT2D eigenvalue weighted by Gasteiger charge is 2.46. The SMILES string of the molecule is Cc1cc(C[C@@H](NC(=O)N2CCC3(CC2)OC(=O)Nc2ncc(/C=C/COCCOCCN(C)C(=O)OC(C)(C)C)cc23)C(=O)O)cc2cn[nH]c12. The maximum Gasteiger partial charge on any atom is 0.413 e. The number of fused-ring (bicyclic) bond motifs is 3. The number of aromatic nitrogens is 3. The number of nitrogens with zero attached hydrogens (tertiary/aromatic N) is 4. The van der Waals surface area contributed by atoms with Gasteiger partial charge in [-0.05, 0) is 56.5 Å². The van der Waals surface area contributed by atoms with Crippen molar-refractivity contribution in [2.45, 2.75) is 64.2 Å². The first-order chi connectivity index (χ1) is 24.7. The Kier molecular flexibility index (Phi) is 12.0. The van der Waals surface area contributed by atoms with E-state index in [1.807, 2.05) is 58.0 Å². The van der Waals surface area contributed by atoms with Gasteiger partial charge in [-0.1, -0.05) is 18.2 Å². The van der Waals surface area contributed by atoms with Crippen LogP contribution in [-0.4, -0.2) is 119 Å². The van der Waals surface area contributed by atoms with Crippen LogP contribution in [0.3, 0.4) is 0 Å². The van der Waals surface area contributed by atoms with Gasteiger partial charge >= 0.3 is 24.2 Å². The van der Waals surface area contributed by atoms with Gasteiger partial charge in [-0.15, -0.1) is 0 Å². The second-order valence-electron chi connectivity index (χ2n) is 13.9. The first-order valence-electron chi connectivity index (χ1n) is 17.2. The molecule has 0 radical (unpaired) electrons. The average Bonchev–Trinajstić information content (AvgIpc) is 3.56. The monoisotopic (exact) mass is 721 g/mol. The molecule has 1 atom stereocenters. The van der Waals surface area contributed by atoms with Crippen LogP contribution in [0, 0.1) is 6.92 Å². The number of urea groups is 1. The third kappa shape index (κ3) is 9.76. The first-order valence-corrected chi connectivity index (χ1v) is 17.2. The number of pyridine rings is 1. The van der Waals surface area contributed by atoms with E-state index >= 15 is 0 Å². The zero-order chi connectivity index (χ0) is 37.5. The molecule has 2 aliphatic rings. The first kappa shape index (κ1) is 38.0. The number of carboxylic acid groups (broad SMARTS) is 1. The van der Waals surface area contributed by atoms with Gasteiger partial charge in [0.25, 0.3) is 0 Å². The lowest BCUT2D eigenvalue weighted by Crippen LogP contribution is -2.54. The van der Waals surface area contributed by atoms with Crippen LogP contribution in [-0.2, 0) is 35.8 Å². The molecule has 5 rings (SSSR count). The molecule has 2 aliphatic heterocycles. The molecule has 52 heavy (non-hydrogen) atoms. The van der Waals surface area contributed by atoms with Gasteiger partial charge in [-0.25, -0.2) is 24.2 Å². The van der Waals surface area contributed by atoms with Gasteiger partial charge in [0.2, 0.25) is 0 Å². The number of carbonyl (C=O) groups is 4. The van der Waals surface area contributed by atoms with Gasteiger partial charge in [0.05, 0.1) is 38.1 Å². The minimum atomic E-state index is -1.14. The number of rotatable bonds is 13. The van der Waals surface area contributed by atoms with Gasteiger partial charge in [0.1, 0.15) is 23.1 Å². The lowest BCUT2D eigenvalue weighted by Gasteiger charge is -2.43. The number of carboxylic acids is 1. The Hall–Kier alpha value is -5.22. The number of benzene rings is 1. The summed E-state index contributed by atoms with van der Waals surface area (Å²) < 4.78 is 22.4. The number of aromatic amines is 1. The van der Waals surface area contributed by atoms with Crippen LogP contribution in [0.25, 0.3) is 17.0 Å². The Morgan fingerprint density at radius 2 is 1.88 bits per heavy atom. The topological polar surface area (TPSA) is 198 Å². The number of likely N-dealkylation sites (tertiary alicyclic amines) is 1. The smallest absolute Gasteiger partial charge is 0.413 e. The summed E-state index contributed by atoms with van der Waals surface area (Å²) in [4.78, 5) is 57.4. The van der Waals surface area contributed by atoms with E-state index in [1.54, 1.807) is 24.3 Å². The Bertz CT molecular complexity index is 1790. The maximum absolute atomic E-state index is 13.3. The van der Waals surface area contributed by atoms with E-state index in [1.165, 1.54) is 4.90 Å². The molecular weight excluding hydrogens is 674 g/mol. The molecule has 16 nitrogen and oxygen atoms in total. The number of ether oxygens (including phenoxy) is 4. The molecule has 0 unspecified atom stereocenters. The predicted octanol–water partition coefficient (Wildman–Crippen LogP) is 4.44. The van der Waals surface area contributed by atoms with Crippen molar-refractivity contribution in [3.63, 3.8) is 0 Å². The molecule has 1 aromatic carbocycles. The van der Waals surface area contributed by atoms with Gasteiger partial charge in [0.15, 0.2) is 0 Å². The van der Waals surface area contributed by atoms with Crippen LogP contribution in [0.2, 0.25) is 0 Å². The van der Waals surface area contributed by atoms with Crippen molar-refractivity contribution in [3.05, 3.63) is 58.9 Å². The van der Waals surface area contributed by atoms with Crippen LogP contribution in [0.5, 0.6) is 0 Å². The zero-order valence-electron chi connectivity index (χ0n) is 30.2. The number of nitrogens with one attached hydrogen (secondary N) is 3. The number of carbonyl (C=O) groups excluding carboxylic acids is 3. The molecule has 4 amide bonds. The molecule has 3 aromatic rings. The van der Waals surface area contributed by atoms with Crippen molar-refractivity contribution in [3.8, 4) is 0 Å². The molecule has 0 saturated carbocycles. The minimum Gasteiger partial charge on any atom is -0.480 e. The zero-order valence-corrected chi connectivity index (χ0v) is 30.2. The minimum absolute atomic E-state index is 0.105. The van der Waals surface area contributed by atoms with E-state index in [4.69, 9.17) is 18.9 Å². The van der Waals surface area contributed by atoms with E-state index in [0.717, 1.165) is 27.6 Å².